The maximum Gasteiger partial charge on any atom is 0.143 e. The van der Waals surface area contributed by atoms with Crippen LogP contribution in [0.3, 0.4) is 0 Å². The highest BCUT2D eigenvalue weighted by Crippen LogP contribution is 1.96. The number of thioether (sulfide) groups is 1. The molecule has 0 aliphatic carbocycles. The number of nitrogens with zero attached hydrogens (tertiary/aromatic N) is 1. The van der Waals surface area contributed by atoms with Crippen LogP contribution in [0, 0.1) is 10.7 Å². The van der Waals surface area contributed by atoms with Crippen molar-refractivity contribution in [3.05, 3.63) is 0 Å². The van der Waals surface area contributed by atoms with Gasteiger partial charge in [0.2, 0.25) is 0 Å². The van der Waals surface area contributed by atoms with Crippen LogP contribution >= 0.6 is 11.8 Å². The molecule has 0 aromatic heterocycles. The third-order valence-corrected chi connectivity index (χ3v) is 1.29. The molecular weight excluding hydrogens is 136 g/mol. The summed E-state index contributed by atoms with van der Waals surface area (Å²) in [5.41, 5.74) is 0. The molecule has 0 unspecified atom stereocenters. The van der Waals surface area contributed by atoms with Crippen LogP contribution in [0.25, 0.3) is 0 Å². The molecule has 3 nitrogen and oxygen atoms in total. The lowest BCUT2D eigenvalue weighted by Gasteiger charge is -1.85. The monoisotopic (exact) mass is 146 g/mol. The molecule has 0 aliphatic rings. The third-order valence-electron chi connectivity index (χ3n) is 0.692. The Hall–Kier alpha value is -0.530. The highest BCUT2D eigenvalue weighted by molar-refractivity contribution is 8.04. The molecule has 0 saturated carbocycles. The van der Waals surface area contributed by atoms with Crippen LogP contribution in [-0.2, 0) is 4.79 Å². The van der Waals surface area contributed by atoms with Gasteiger partial charge in [-0.2, -0.15) is 5.26 Å². The first-order valence-corrected chi connectivity index (χ1v) is 3.32. The Kier molecular flexibility index (Phi) is 9.37. The van der Waals surface area contributed by atoms with E-state index >= 15 is 0 Å². The Morgan fingerprint density at radius 3 is 2.67 bits per heavy atom. The largest absolute Gasteiger partial charge is 0.344 e. The minimum absolute atomic E-state index is 0. The van der Waals surface area contributed by atoms with Crippen molar-refractivity contribution >= 4 is 17.5 Å². The van der Waals surface area contributed by atoms with Crippen LogP contribution in [-0.4, -0.2) is 11.5 Å². The van der Waals surface area contributed by atoms with Gasteiger partial charge in [0.1, 0.15) is 11.2 Å². The van der Waals surface area contributed by atoms with Crippen LogP contribution in [0.5, 0.6) is 0 Å². The fraction of sp³-hybridized carbons (Fsp3) is 0.600. The number of nitriles is 1. The number of rotatable bonds is 3. The van der Waals surface area contributed by atoms with Crippen molar-refractivity contribution in [2.45, 2.75) is 13.3 Å². The van der Waals surface area contributed by atoms with Crippen molar-refractivity contribution in [2.75, 3.05) is 5.75 Å². The van der Waals surface area contributed by atoms with Gasteiger partial charge in [-0.1, -0.05) is 6.92 Å². The van der Waals surface area contributed by atoms with Gasteiger partial charge < -0.3 is 6.15 Å². The number of ketones is 1. The molecule has 0 fully saturated rings. The molecule has 0 saturated heterocycles. The quantitative estimate of drug-likeness (QED) is 0.609. The molecule has 9 heavy (non-hydrogen) atoms. The maximum absolute atomic E-state index is 10.4. The van der Waals surface area contributed by atoms with Crippen LogP contribution in [0.2, 0.25) is 0 Å². The average Bonchev–Trinajstić information content (AvgIpc) is 1.83. The molecule has 0 bridgehead atoms. The number of hydrogen-bond acceptors (Lipinski definition) is 4. The van der Waals surface area contributed by atoms with E-state index in [4.69, 9.17) is 5.26 Å². The highest BCUT2D eigenvalue weighted by Gasteiger charge is 1.94. The van der Waals surface area contributed by atoms with Gasteiger partial charge in [0.25, 0.3) is 0 Å². The lowest BCUT2D eigenvalue weighted by molar-refractivity contribution is -0.116. The lowest BCUT2D eigenvalue weighted by Crippen LogP contribution is -1.96. The fourth-order valence-corrected chi connectivity index (χ4v) is 0.644. The predicted octanol–water partition coefficient (Wildman–Crippen LogP) is 1.34. The summed E-state index contributed by atoms with van der Waals surface area (Å²) in [6, 6.07) is 0. The zero-order chi connectivity index (χ0) is 6.41. The highest BCUT2D eigenvalue weighted by atomic mass is 32.2. The van der Waals surface area contributed by atoms with E-state index in [0.717, 1.165) is 11.8 Å². The molecule has 0 aliphatic heterocycles. The van der Waals surface area contributed by atoms with E-state index in [-0.39, 0.29) is 11.9 Å². The molecule has 0 amide bonds. The first kappa shape index (κ1) is 11.3. The second kappa shape index (κ2) is 7.47. The Bertz CT molecular complexity index is 119. The van der Waals surface area contributed by atoms with Crippen LogP contribution in [0.4, 0.5) is 0 Å². The summed E-state index contributed by atoms with van der Waals surface area (Å²) >= 11 is 0.997. The van der Waals surface area contributed by atoms with Crippen LogP contribution in [0.1, 0.15) is 13.3 Å². The van der Waals surface area contributed by atoms with Crippen molar-refractivity contribution < 1.29 is 4.79 Å². The van der Waals surface area contributed by atoms with Crippen LogP contribution in [0.15, 0.2) is 0 Å². The van der Waals surface area contributed by atoms with Crippen molar-refractivity contribution in [1.82, 2.24) is 6.15 Å². The Morgan fingerprint density at radius 2 is 2.33 bits per heavy atom. The summed E-state index contributed by atoms with van der Waals surface area (Å²) in [6.45, 7) is 1.79. The summed E-state index contributed by atoms with van der Waals surface area (Å²) in [7, 11) is 0. The number of carbonyl (C=O) groups is 1. The first-order valence-electron chi connectivity index (χ1n) is 2.33. The molecule has 0 aromatic rings. The smallest absolute Gasteiger partial charge is 0.143 e. The van der Waals surface area contributed by atoms with E-state index in [0.29, 0.717) is 12.2 Å². The number of thiocyanates is 1. The van der Waals surface area contributed by atoms with Crippen molar-refractivity contribution in [1.29, 1.82) is 5.26 Å². The maximum atomic E-state index is 10.4. The van der Waals surface area contributed by atoms with E-state index in [1.165, 1.54) is 0 Å². The second-order valence-corrected chi connectivity index (χ2v) is 2.03. The standard InChI is InChI=1S/C5H7NOS.H3N/c1-2-5(7)3-8-4-6;/h2-3H2,1H3;1H3. The minimum Gasteiger partial charge on any atom is -0.344 e. The molecule has 0 rings (SSSR count). The fourth-order valence-electron chi connectivity index (χ4n) is 0.215. The number of Topliss-reactive ketones (excluding diaryl/α,β-unsaturated/α-hetero) is 1. The molecule has 0 heterocycles. The summed E-state index contributed by atoms with van der Waals surface area (Å²) in [4.78, 5) is 10.4. The van der Waals surface area contributed by atoms with E-state index < -0.39 is 0 Å². The van der Waals surface area contributed by atoms with Gasteiger partial charge in [-0.15, -0.1) is 0 Å². The minimum atomic E-state index is 0. The zero-order valence-corrected chi connectivity index (χ0v) is 6.20. The molecule has 0 radical (unpaired) electrons. The molecule has 0 atom stereocenters. The number of carbonyl (C=O) groups excluding carboxylic acids is 1. The second-order valence-electron chi connectivity index (χ2n) is 1.27. The molecule has 0 aromatic carbocycles. The van der Waals surface area contributed by atoms with Gasteiger partial charge in [0.05, 0.1) is 5.75 Å². The Balaban J connectivity index is 0. The third kappa shape index (κ3) is 7.47. The molecular formula is C5H10N2OS. The molecule has 3 N–H and O–H groups in total. The molecule has 0 spiro atoms. The van der Waals surface area contributed by atoms with Gasteiger partial charge in [-0.05, 0) is 11.8 Å². The predicted molar refractivity (Wildman–Crippen MR) is 38.4 cm³/mol. The van der Waals surface area contributed by atoms with E-state index in [9.17, 15) is 4.79 Å². The summed E-state index contributed by atoms with van der Waals surface area (Å²) < 4.78 is 0. The lowest BCUT2D eigenvalue weighted by atomic mass is 10.4. The summed E-state index contributed by atoms with van der Waals surface area (Å²) in [5.74, 6) is 0.476. The average molecular weight is 146 g/mol. The van der Waals surface area contributed by atoms with Crippen molar-refractivity contribution in [3.63, 3.8) is 0 Å². The van der Waals surface area contributed by atoms with Crippen LogP contribution < -0.4 is 6.15 Å². The number of hydrogen-bond donors (Lipinski definition) is 1. The first-order chi connectivity index (χ1) is 3.81. The SMILES string of the molecule is CCC(=O)CSC#N.N. The van der Waals surface area contributed by atoms with E-state index in [2.05, 4.69) is 0 Å². The zero-order valence-electron chi connectivity index (χ0n) is 5.39. The molecule has 4 heteroatoms. The van der Waals surface area contributed by atoms with Gasteiger partial charge in [0, 0.05) is 6.42 Å². The van der Waals surface area contributed by atoms with Gasteiger partial charge in [0.15, 0.2) is 0 Å². The summed E-state index contributed by atoms with van der Waals surface area (Å²) in [5, 5.41) is 9.80. The normalized spacial score (nSPS) is 7.11. The van der Waals surface area contributed by atoms with Gasteiger partial charge >= 0.3 is 0 Å². The van der Waals surface area contributed by atoms with Gasteiger partial charge in [-0.25, -0.2) is 0 Å². The Morgan fingerprint density at radius 1 is 1.78 bits per heavy atom. The van der Waals surface area contributed by atoms with Gasteiger partial charge in [-0.3, -0.25) is 4.79 Å². The Labute approximate surface area is 59.0 Å². The van der Waals surface area contributed by atoms with Crippen molar-refractivity contribution in [2.24, 2.45) is 0 Å². The van der Waals surface area contributed by atoms with E-state index in [1.54, 1.807) is 6.92 Å². The topological polar surface area (TPSA) is 75.9 Å². The van der Waals surface area contributed by atoms with Crippen molar-refractivity contribution in [3.8, 4) is 5.40 Å². The van der Waals surface area contributed by atoms with E-state index in [1.807, 2.05) is 5.40 Å². The molecule has 52 valence electrons. The summed E-state index contributed by atoms with van der Waals surface area (Å²) in [6.07, 6.45) is 0.536.